The number of hydrogen-bond acceptors (Lipinski definition) is 5. The number of anilines is 1. The lowest BCUT2D eigenvalue weighted by molar-refractivity contribution is -0.384. The fourth-order valence-corrected chi connectivity index (χ4v) is 3.50. The molecule has 1 fully saturated rings. The van der Waals surface area contributed by atoms with E-state index in [4.69, 9.17) is 0 Å². The van der Waals surface area contributed by atoms with Crippen molar-refractivity contribution >= 4 is 21.4 Å². The fourth-order valence-electron chi connectivity index (χ4n) is 2.70. The van der Waals surface area contributed by atoms with Gasteiger partial charge >= 0.3 is 0 Å². The van der Waals surface area contributed by atoms with Gasteiger partial charge in [0.05, 0.1) is 11.2 Å². The van der Waals surface area contributed by atoms with Crippen LogP contribution in [0.5, 0.6) is 0 Å². The molecule has 1 aromatic rings. The Labute approximate surface area is 124 Å². The molecule has 2 rings (SSSR count). The number of piperidine rings is 1. The first-order valence-electron chi connectivity index (χ1n) is 6.73. The molecule has 1 saturated heterocycles. The summed E-state index contributed by atoms with van der Waals surface area (Å²) in [4.78, 5) is 12.4. The molecule has 0 radical (unpaired) electrons. The van der Waals surface area contributed by atoms with Gasteiger partial charge in [0, 0.05) is 37.0 Å². The Morgan fingerprint density at radius 1 is 1.43 bits per heavy atom. The molecular formula is C13H19N3O4S. The van der Waals surface area contributed by atoms with Gasteiger partial charge in [-0.1, -0.05) is 0 Å². The Hall–Kier alpha value is -1.67. The number of benzene rings is 1. The van der Waals surface area contributed by atoms with Crippen molar-refractivity contribution in [3.63, 3.8) is 0 Å². The van der Waals surface area contributed by atoms with Gasteiger partial charge in [0.15, 0.2) is 0 Å². The second kappa shape index (κ2) is 5.98. The van der Waals surface area contributed by atoms with Gasteiger partial charge in [-0.25, -0.2) is 13.1 Å². The van der Waals surface area contributed by atoms with Crippen LogP contribution in [-0.2, 0) is 10.0 Å². The molecule has 1 N–H and O–H groups in total. The summed E-state index contributed by atoms with van der Waals surface area (Å²) >= 11 is 0. The lowest BCUT2D eigenvalue weighted by atomic mass is 10.0. The molecule has 0 saturated carbocycles. The molecule has 0 spiro atoms. The summed E-state index contributed by atoms with van der Waals surface area (Å²) in [6.45, 7) is 3.22. The van der Waals surface area contributed by atoms with Crippen molar-refractivity contribution in [2.24, 2.45) is 0 Å². The van der Waals surface area contributed by atoms with Gasteiger partial charge in [-0.3, -0.25) is 10.1 Å². The van der Waals surface area contributed by atoms with Crippen molar-refractivity contribution in [2.75, 3.05) is 24.2 Å². The summed E-state index contributed by atoms with van der Waals surface area (Å²) in [5.74, 6) is 0. The lowest BCUT2D eigenvalue weighted by Gasteiger charge is -2.35. The van der Waals surface area contributed by atoms with Crippen LogP contribution in [0.1, 0.15) is 18.4 Å². The number of nitro groups is 1. The molecule has 21 heavy (non-hydrogen) atoms. The van der Waals surface area contributed by atoms with Crippen molar-refractivity contribution in [3.05, 3.63) is 33.9 Å². The fraction of sp³-hybridized carbons (Fsp3) is 0.538. The Morgan fingerprint density at radius 3 is 2.71 bits per heavy atom. The predicted octanol–water partition coefficient (Wildman–Crippen LogP) is 1.42. The molecule has 1 atom stereocenters. The topological polar surface area (TPSA) is 92.6 Å². The van der Waals surface area contributed by atoms with Crippen molar-refractivity contribution in [1.29, 1.82) is 0 Å². The zero-order chi connectivity index (χ0) is 15.6. The van der Waals surface area contributed by atoms with E-state index in [9.17, 15) is 18.5 Å². The largest absolute Gasteiger partial charge is 0.370 e. The highest BCUT2D eigenvalue weighted by Gasteiger charge is 2.24. The number of nitrogens with one attached hydrogen (secondary N) is 1. The van der Waals surface area contributed by atoms with Crippen molar-refractivity contribution < 1.29 is 13.3 Å². The van der Waals surface area contributed by atoms with Crippen LogP contribution >= 0.6 is 0 Å². The van der Waals surface area contributed by atoms with Crippen LogP contribution in [0.15, 0.2) is 18.2 Å². The number of aryl methyl sites for hydroxylation is 1. The Balaban J connectivity index is 2.16. The van der Waals surface area contributed by atoms with Gasteiger partial charge in [0.25, 0.3) is 5.69 Å². The Morgan fingerprint density at radius 2 is 2.14 bits per heavy atom. The SMILES string of the molecule is Cc1cc([N+](=O)[O-])ccc1N1CCCC(NS(C)(=O)=O)C1. The maximum absolute atomic E-state index is 11.3. The molecule has 1 unspecified atom stereocenters. The van der Waals surface area contributed by atoms with Gasteiger partial charge in [0.2, 0.25) is 10.0 Å². The van der Waals surface area contributed by atoms with Crippen LogP contribution in [0.3, 0.4) is 0 Å². The molecule has 1 aromatic carbocycles. The van der Waals surface area contributed by atoms with Gasteiger partial charge in [-0.2, -0.15) is 0 Å². The highest BCUT2D eigenvalue weighted by atomic mass is 32.2. The van der Waals surface area contributed by atoms with E-state index in [2.05, 4.69) is 9.62 Å². The zero-order valence-corrected chi connectivity index (χ0v) is 12.9. The molecule has 8 heteroatoms. The van der Waals surface area contributed by atoms with Crippen LogP contribution in [0.2, 0.25) is 0 Å². The average Bonchev–Trinajstić information content (AvgIpc) is 2.36. The maximum atomic E-state index is 11.3. The summed E-state index contributed by atoms with van der Waals surface area (Å²) in [5, 5.41) is 10.8. The number of hydrogen-bond donors (Lipinski definition) is 1. The van der Waals surface area contributed by atoms with E-state index in [1.54, 1.807) is 12.1 Å². The van der Waals surface area contributed by atoms with Gasteiger partial charge in [-0.15, -0.1) is 0 Å². The molecule has 0 amide bonds. The smallest absolute Gasteiger partial charge is 0.269 e. The minimum Gasteiger partial charge on any atom is -0.370 e. The van der Waals surface area contributed by atoms with Crippen LogP contribution in [0.25, 0.3) is 0 Å². The van der Waals surface area contributed by atoms with E-state index >= 15 is 0 Å². The number of non-ortho nitro benzene ring substituents is 1. The molecule has 1 aliphatic rings. The first kappa shape index (κ1) is 15.7. The highest BCUT2D eigenvalue weighted by molar-refractivity contribution is 7.88. The molecule has 116 valence electrons. The second-order valence-corrected chi connectivity index (χ2v) is 7.18. The van der Waals surface area contributed by atoms with Gasteiger partial charge in [0.1, 0.15) is 0 Å². The minimum atomic E-state index is -3.22. The van der Waals surface area contributed by atoms with E-state index in [0.29, 0.717) is 6.54 Å². The summed E-state index contributed by atoms with van der Waals surface area (Å²) in [6.07, 6.45) is 2.84. The van der Waals surface area contributed by atoms with Crippen LogP contribution < -0.4 is 9.62 Å². The zero-order valence-electron chi connectivity index (χ0n) is 12.1. The van der Waals surface area contributed by atoms with E-state index in [0.717, 1.165) is 36.9 Å². The summed E-state index contributed by atoms with van der Waals surface area (Å²) in [6, 6.07) is 4.64. The third kappa shape index (κ3) is 4.15. The highest BCUT2D eigenvalue weighted by Crippen LogP contribution is 2.27. The number of sulfonamides is 1. The summed E-state index contributed by atoms with van der Waals surface area (Å²) < 4.78 is 25.3. The van der Waals surface area contributed by atoms with E-state index in [1.165, 1.54) is 6.07 Å². The van der Waals surface area contributed by atoms with E-state index in [1.807, 2.05) is 6.92 Å². The Kier molecular flexibility index (Phi) is 4.48. The van der Waals surface area contributed by atoms with Crippen molar-refractivity contribution in [2.45, 2.75) is 25.8 Å². The first-order valence-corrected chi connectivity index (χ1v) is 8.63. The average molecular weight is 313 g/mol. The van der Waals surface area contributed by atoms with Crippen LogP contribution in [-0.4, -0.2) is 38.7 Å². The second-order valence-electron chi connectivity index (χ2n) is 5.40. The minimum absolute atomic E-state index is 0.0686. The maximum Gasteiger partial charge on any atom is 0.269 e. The third-order valence-electron chi connectivity index (χ3n) is 3.53. The summed E-state index contributed by atoms with van der Waals surface area (Å²) in [7, 11) is -3.22. The molecule has 7 nitrogen and oxygen atoms in total. The van der Waals surface area contributed by atoms with E-state index in [-0.39, 0.29) is 11.7 Å². The number of nitrogens with zero attached hydrogens (tertiary/aromatic N) is 2. The summed E-state index contributed by atoms with van der Waals surface area (Å²) in [5.41, 5.74) is 1.81. The third-order valence-corrected chi connectivity index (χ3v) is 4.30. The molecule has 1 aliphatic heterocycles. The number of nitro benzene ring substituents is 1. The Bertz CT molecular complexity index is 645. The normalized spacial score (nSPS) is 19.5. The molecule has 1 heterocycles. The lowest BCUT2D eigenvalue weighted by Crippen LogP contribution is -2.47. The first-order chi connectivity index (χ1) is 9.76. The molecule has 0 bridgehead atoms. The molecule has 0 aliphatic carbocycles. The predicted molar refractivity (Wildman–Crippen MR) is 81.0 cm³/mol. The van der Waals surface area contributed by atoms with Crippen molar-refractivity contribution in [1.82, 2.24) is 4.72 Å². The quantitative estimate of drug-likeness (QED) is 0.670. The monoisotopic (exact) mass is 313 g/mol. The van der Waals surface area contributed by atoms with E-state index < -0.39 is 14.9 Å². The standard InChI is InChI=1S/C13H19N3O4S/c1-10-8-12(16(17)18)5-6-13(10)15-7-3-4-11(9-15)14-21(2,19)20/h5-6,8,11,14H,3-4,7,9H2,1-2H3. The van der Waals surface area contributed by atoms with Crippen LogP contribution in [0, 0.1) is 17.0 Å². The number of rotatable bonds is 4. The van der Waals surface area contributed by atoms with Gasteiger partial charge < -0.3 is 4.90 Å². The molecular weight excluding hydrogens is 294 g/mol. The van der Waals surface area contributed by atoms with Crippen molar-refractivity contribution in [3.8, 4) is 0 Å². The molecule has 0 aromatic heterocycles. The van der Waals surface area contributed by atoms with Gasteiger partial charge in [-0.05, 0) is 31.4 Å². The van der Waals surface area contributed by atoms with Crippen LogP contribution in [0.4, 0.5) is 11.4 Å².